The van der Waals surface area contributed by atoms with Crippen molar-refractivity contribution in [1.29, 1.82) is 0 Å². The van der Waals surface area contributed by atoms with Gasteiger partial charge in [0, 0.05) is 5.56 Å². The number of hydrogen-bond acceptors (Lipinski definition) is 2. The van der Waals surface area contributed by atoms with Gasteiger partial charge < -0.3 is 4.74 Å². The van der Waals surface area contributed by atoms with Crippen molar-refractivity contribution in [3.8, 4) is 5.75 Å². The van der Waals surface area contributed by atoms with Crippen molar-refractivity contribution in [2.45, 2.75) is 19.8 Å². The molecule has 0 spiro atoms. The third kappa shape index (κ3) is 1.99. The number of hydrogen-bond donors (Lipinski definition) is 0. The maximum absolute atomic E-state index is 14.1. The van der Waals surface area contributed by atoms with E-state index < -0.39 is 11.7 Å². The molecule has 3 rings (SSSR count). The molecule has 0 N–H and O–H groups in total. The average Bonchev–Trinajstić information content (AvgIpc) is 2.81. The van der Waals surface area contributed by atoms with Crippen LogP contribution in [0.15, 0.2) is 36.4 Å². The molecule has 1 atom stereocenters. The van der Waals surface area contributed by atoms with Crippen LogP contribution in [-0.2, 0) is 0 Å². The first-order valence-corrected chi connectivity index (χ1v) is 6.60. The molecule has 2 aromatic rings. The molecule has 2 aromatic carbocycles. The SMILES string of the molecule is Cc1cc(C)c(C(=O)C2COc3ccccc32)c(F)c1. The summed E-state index contributed by atoms with van der Waals surface area (Å²) in [5, 5.41) is 0. The van der Waals surface area contributed by atoms with Crippen molar-refractivity contribution >= 4 is 5.78 Å². The third-order valence-corrected chi connectivity index (χ3v) is 3.69. The molecule has 1 heterocycles. The number of Topliss-reactive ketones (excluding diaryl/α,β-unsaturated/α-hetero) is 1. The largest absolute Gasteiger partial charge is 0.492 e. The Labute approximate surface area is 117 Å². The minimum Gasteiger partial charge on any atom is -0.492 e. The van der Waals surface area contributed by atoms with Crippen molar-refractivity contribution in [2.24, 2.45) is 0 Å². The van der Waals surface area contributed by atoms with Crippen LogP contribution in [0, 0.1) is 19.7 Å². The highest BCUT2D eigenvalue weighted by atomic mass is 19.1. The minimum absolute atomic E-state index is 0.181. The number of ether oxygens (including phenoxy) is 1. The van der Waals surface area contributed by atoms with Crippen LogP contribution < -0.4 is 4.74 Å². The van der Waals surface area contributed by atoms with E-state index in [2.05, 4.69) is 0 Å². The maximum Gasteiger partial charge on any atom is 0.177 e. The van der Waals surface area contributed by atoms with Crippen LogP contribution >= 0.6 is 0 Å². The zero-order valence-electron chi connectivity index (χ0n) is 11.4. The molecule has 20 heavy (non-hydrogen) atoms. The zero-order valence-corrected chi connectivity index (χ0v) is 11.4. The van der Waals surface area contributed by atoms with Gasteiger partial charge in [0.2, 0.25) is 0 Å². The van der Waals surface area contributed by atoms with Crippen LogP contribution in [0.1, 0.15) is 33.0 Å². The van der Waals surface area contributed by atoms with E-state index in [1.54, 1.807) is 6.92 Å². The molecule has 1 unspecified atom stereocenters. The third-order valence-electron chi connectivity index (χ3n) is 3.69. The van der Waals surface area contributed by atoms with Gasteiger partial charge in [-0.05, 0) is 37.1 Å². The highest BCUT2D eigenvalue weighted by Crippen LogP contribution is 2.36. The Balaban J connectivity index is 2.03. The predicted octanol–water partition coefficient (Wildman–Crippen LogP) is 3.80. The Bertz CT molecular complexity index is 668. The molecular formula is C17H15FO2. The summed E-state index contributed by atoms with van der Waals surface area (Å²) in [6.45, 7) is 3.87. The van der Waals surface area contributed by atoms with Crippen LogP contribution in [0.4, 0.5) is 4.39 Å². The number of carbonyl (C=O) groups is 1. The number of benzene rings is 2. The van der Waals surface area contributed by atoms with Crippen molar-refractivity contribution in [1.82, 2.24) is 0 Å². The van der Waals surface area contributed by atoms with Crippen molar-refractivity contribution in [3.63, 3.8) is 0 Å². The fourth-order valence-electron chi connectivity index (χ4n) is 2.78. The van der Waals surface area contributed by atoms with Gasteiger partial charge in [0.15, 0.2) is 5.78 Å². The fraction of sp³-hybridized carbons (Fsp3) is 0.235. The number of aryl methyl sites for hydroxylation is 2. The molecule has 0 aromatic heterocycles. The molecule has 0 fully saturated rings. The summed E-state index contributed by atoms with van der Waals surface area (Å²) in [4.78, 5) is 12.6. The average molecular weight is 270 g/mol. The summed E-state index contributed by atoms with van der Waals surface area (Å²) in [6.07, 6.45) is 0. The van der Waals surface area contributed by atoms with E-state index in [1.165, 1.54) is 6.07 Å². The Morgan fingerprint density at radius 2 is 2.00 bits per heavy atom. The molecule has 102 valence electrons. The van der Waals surface area contributed by atoms with Gasteiger partial charge in [0.25, 0.3) is 0 Å². The van der Waals surface area contributed by atoms with Gasteiger partial charge in [-0.3, -0.25) is 4.79 Å². The second kappa shape index (κ2) is 4.75. The molecule has 0 aliphatic carbocycles. The summed E-state index contributed by atoms with van der Waals surface area (Å²) < 4.78 is 19.6. The van der Waals surface area contributed by atoms with Gasteiger partial charge in [-0.25, -0.2) is 4.39 Å². The number of ketones is 1. The first-order valence-electron chi connectivity index (χ1n) is 6.60. The number of rotatable bonds is 2. The molecule has 3 heteroatoms. The van der Waals surface area contributed by atoms with Crippen LogP contribution in [0.5, 0.6) is 5.75 Å². The first kappa shape index (κ1) is 12.9. The summed E-state index contributed by atoms with van der Waals surface area (Å²) >= 11 is 0. The van der Waals surface area contributed by atoms with Crippen LogP contribution in [0.2, 0.25) is 0 Å². The lowest BCUT2D eigenvalue weighted by atomic mass is 9.89. The summed E-state index contributed by atoms with van der Waals surface area (Å²) in [5.74, 6) is -0.347. The van der Waals surface area contributed by atoms with Gasteiger partial charge in [-0.1, -0.05) is 24.3 Å². The second-order valence-corrected chi connectivity index (χ2v) is 5.20. The number of para-hydroxylation sites is 1. The first-order chi connectivity index (χ1) is 9.58. The van der Waals surface area contributed by atoms with E-state index in [0.717, 1.165) is 16.9 Å². The van der Waals surface area contributed by atoms with E-state index in [0.29, 0.717) is 5.56 Å². The smallest absolute Gasteiger partial charge is 0.177 e. The lowest BCUT2D eigenvalue weighted by Crippen LogP contribution is -2.17. The topological polar surface area (TPSA) is 26.3 Å². The molecule has 1 aliphatic rings. The van der Waals surface area contributed by atoms with Crippen LogP contribution in [-0.4, -0.2) is 12.4 Å². The lowest BCUT2D eigenvalue weighted by molar-refractivity contribution is 0.0943. The van der Waals surface area contributed by atoms with E-state index in [4.69, 9.17) is 4.74 Å². The molecule has 1 aliphatic heterocycles. The normalized spacial score (nSPS) is 16.6. The minimum atomic E-state index is -0.447. The molecule has 0 saturated carbocycles. The van der Waals surface area contributed by atoms with E-state index >= 15 is 0 Å². The van der Waals surface area contributed by atoms with Gasteiger partial charge >= 0.3 is 0 Å². The summed E-state index contributed by atoms with van der Waals surface area (Å²) in [6, 6.07) is 10.7. The predicted molar refractivity (Wildman–Crippen MR) is 74.9 cm³/mol. The Morgan fingerprint density at radius 1 is 1.25 bits per heavy atom. The van der Waals surface area contributed by atoms with Crippen molar-refractivity contribution < 1.29 is 13.9 Å². The standard InChI is InChI=1S/C17H15FO2/c1-10-7-11(2)16(14(18)8-10)17(19)13-9-20-15-6-4-3-5-12(13)15/h3-8,13H,9H2,1-2H3. The van der Waals surface area contributed by atoms with Crippen molar-refractivity contribution in [3.05, 3.63) is 64.5 Å². The zero-order chi connectivity index (χ0) is 14.3. The number of carbonyl (C=O) groups excluding carboxylic acids is 1. The maximum atomic E-state index is 14.1. The lowest BCUT2D eigenvalue weighted by Gasteiger charge is -2.12. The van der Waals surface area contributed by atoms with E-state index in [-0.39, 0.29) is 18.0 Å². The van der Waals surface area contributed by atoms with Gasteiger partial charge in [-0.15, -0.1) is 0 Å². The molecule has 2 nitrogen and oxygen atoms in total. The highest BCUT2D eigenvalue weighted by molar-refractivity contribution is 6.03. The van der Waals surface area contributed by atoms with Gasteiger partial charge in [0.05, 0.1) is 11.5 Å². The number of halogens is 1. The quantitative estimate of drug-likeness (QED) is 0.776. The van der Waals surface area contributed by atoms with E-state index in [9.17, 15) is 9.18 Å². The van der Waals surface area contributed by atoms with Gasteiger partial charge in [0.1, 0.15) is 18.2 Å². The van der Waals surface area contributed by atoms with E-state index in [1.807, 2.05) is 37.3 Å². The van der Waals surface area contributed by atoms with Gasteiger partial charge in [-0.2, -0.15) is 0 Å². The van der Waals surface area contributed by atoms with Crippen molar-refractivity contribution in [2.75, 3.05) is 6.61 Å². The Kier molecular flexibility index (Phi) is 3.05. The summed E-state index contributed by atoms with van der Waals surface area (Å²) in [5.41, 5.74) is 2.52. The molecule has 0 amide bonds. The Morgan fingerprint density at radius 3 is 2.75 bits per heavy atom. The molecule has 0 bridgehead atoms. The number of fused-ring (bicyclic) bond motifs is 1. The van der Waals surface area contributed by atoms with Crippen LogP contribution in [0.25, 0.3) is 0 Å². The fourth-order valence-corrected chi connectivity index (χ4v) is 2.78. The molecular weight excluding hydrogens is 255 g/mol. The monoisotopic (exact) mass is 270 g/mol. The molecule has 0 radical (unpaired) electrons. The summed E-state index contributed by atoms with van der Waals surface area (Å²) in [7, 11) is 0. The molecule has 0 saturated heterocycles. The second-order valence-electron chi connectivity index (χ2n) is 5.20. The Hall–Kier alpha value is -2.16. The van der Waals surface area contributed by atoms with Crippen LogP contribution in [0.3, 0.4) is 0 Å². The highest BCUT2D eigenvalue weighted by Gasteiger charge is 2.32.